The number of carbonyl (C=O) groups excluding carboxylic acids is 1. The highest BCUT2D eigenvalue weighted by molar-refractivity contribution is 6.33. The fourth-order valence-electron chi connectivity index (χ4n) is 1.53. The Hall–Kier alpha value is -1.37. The number of carbonyl (C=O) groups is 1. The number of rotatable bonds is 7. The summed E-state index contributed by atoms with van der Waals surface area (Å²) < 4.78 is 0. The van der Waals surface area contributed by atoms with E-state index >= 15 is 0 Å². The number of halogens is 1. The number of nitrogens with zero attached hydrogens (tertiary/aromatic N) is 2. The van der Waals surface area contributed by atoms with Gasteiger partial charge in [-0.1, -0.05) is 11.6 Å². The highest BCUT2D eigenvalue weighted by atomic mass is 35.5. The molecule has 1 rings (SSSR count). The summed E-state index contributed by atoms with van der Waals surface area (Å²) in [6.45, 7) is 1.65. The number of anilines is 1. The summed E-state index contributed by atoms with van der Waals surface area (Å²) >= 11 is 5.90. The van der Waals surface area contributed by atoms with E-state index in [4.69, 9.17) is 17.4 Å². The third-order valence-electron chi connectivity index (χ3n) is 2.56. The zero-order chi connectivity index (χ0) is 14.3. The molecule has 1 amide bonds. The first kappa shape index (κ1) is 15.7. The summed E-state index contributed by atoms with van der Waals surface area (Å²) in [6, 6.07) is 1.54. The zero-order valence-electron chi connectivity index (χ0n) is 11.2. The second-order valence-electron chi connectivity index (χ2n) is 4.47. The van der Waals surface area contributed by atoms with Gasteiger partial charge in [-0.15, -0.1) is 0 Å². The first-order chi connectivity index (χ1) is 9.04. The Morgan fingerprint density at radius 3 is 2.79 bits per heavy atom. The Kier molecular flexibility index (Phi) is 6.55. The summed E-state index contributed by atoms with van der Waals surface area (Å²) in [4.78, 5) is 17.9. The molecule has 1 heterocycles. The Bertz CT molecular complexity index is 425. The van der Waals surface area contributed by atoms with E-state index in [-0.39, 0.29) is 5.91 Å². The number of pyridine rings is 1. The Balaban J connectivity index is 2.39. The van der Waals surface area contributed by atoms with Crippen molar-refractivity contribution in [3.8, 4) is 0 Å². The molecule has 0 fully saturated rings. The number of unbranched alkanes of at least 4 members (excludes halogenated alkanes) is 1. The van der Waals surface area contributed by atoms with E-state index in [1.165, 1.54) is 6.20 Å². The minimum atomic E-state index is -0.178. The molecule has 0 aliphatic rings. The van der Waals surface area contributed by atoms with E-state index in [1.54, 1.807) is 6.07 Å². The number of nitrogens with two attached hydrogens (primary N) is 1. The van der Waals surface area contributed by atoms with Gasteiger partial charge in [-0.2, -0.15) is 0 Å². The second-order valence-corrected chi connectivity index (χ2v) is 4.87. The van der Waals surface area contributed by atoms with Crippen LogP contribution in [0.5, 0.6) is 0 Å². The van der Waals surface area contributed by atoms with Crippen LogP contribution in [0.2, 0.25) is 5.02 Å². The van der Waals surface area contributed by atoms with Gasteiger partial charge >= 0.3 is 0 Å². The molecule has 0 aliphatic carbocycles. The van der Waals surface area contributed by atoms with E-state index in [0.717, 1.165) is 19.4 Å². The van der Waals surface area contributed by atoms with Crippen LogP contribution in [0.25, 0.3) is 0 Å². The zero-order valence-corrected chi connectivity index (χ0v) is 12.0. The summed E-state index contributed by atoms with van der Waals surface area (Å²) in [5.74, 6) is 5.39. The van der Waals surface area contributed by atoms with Gasteiger partial charge in [0.25, 0.3) is 5.91 Å². The average Bonchev–Trinajstić information content (AvgIpc) is 2.37. The lowest BCUT2D eigenvalue weighted by Gasteiger charge is -2.10. The second kappa shape index (κ2) is 7.93. The molecule has 0 bridgehead atoms. The van der Waals surface area contributed by atoms with Gasteiger partial charge in [0, 0.05) is 12.7 Å². The molecule has 0 unspecified atom stereocenters. The van der Waals surface area contributed by atoms with E-state index in [2.05, 4.69) is 20.6 Å². The van der Waals surface area contributed by atoms with Crippen molar-refractivity contribution >= 4 is 23.3 Å². The lowest BCUT2D eigenvalue weighted by Crippen LogP contribution is -2.25. The molecular formula is C12H20ClN5O. The smallest absolute Gasteiger partial charge is 0.252 e. The molecule has 1 aromatic heterocycles. The van der Waals surface area contributed by atoms with Gasteiger partial charge in [0.2, 0.25) is 0 Å². The normalized spacial score (nSPS) is 10.6. The largest absolute Gasteiger partial charge is 0.352 e. The number of amides is 1. The predicted octanol–water partition coefficient (Wildman–Crippen LogP) is 1.09. The van der Waals surface area contributed by atoms with Crippen molar-refractivity contribution in [1.29, 1.82) is 0 Å². The van der Waals surface area contributed by atoms with Gasteiger partial charge in [0.15, 0.2) is 5.82 Å². The van der Waals surface area contributed by atoms with Crippen molar-refractivity contribution in [2.45, 2.75) is 12.8 Å². The Morgan fingerprint density at radius 2 is 2.21 bits per heavy atom. The Labute approximate surface area is 118 Å². The third-order valence-corrected chi connectivity index (χ3v) is 2.85. The molecule has 106 valence electrons. The fourth-order valence-corrected chi connectivity index (χ4v) is 1.75. The molecule has 7 heteroatoms. The van der Waals surface area contributed by atoms with Gasteiger partial charge in [-0.25, -0.2) is 10.8 Å². The average molecular weight is 286 g/mol. The summed E-state index contributed by atoms with van der Waals surface area (Å²) in [5, 5.41) is 3.15. The maximum absolute atomic E-state index is 11.8. The van der Waals surface area contributed by atoms with Gasteiger partial charge < -0.3 is 15.6 Å². The molecule has 0 aliphatic heterocycles. The molecule has 0 spiro atoms. The van der Waals surface area contributed by atoms with E-state index in [0.29, 0.717) is 22.9 Å². The fraction of sp³-hybridized carbons (Fsp3) is 0.500. The monoisotopic (exact) mass is 285 g/mol. The van der Waals surface area contributed by atoms with Crippen LogP contribution in [0.3, 0.4) is 0 Å². The molecule has 19 heavy (non-hydrogen) atoms. The van der Waals surface area contributed by atoms with Crippen molar-refractivity contribution in [1.82, 2.24) is 15.2 Å². The highest BCUT2D eigenvalue weighted by Crippen LogP contribution is 2.18. The first-order valence-electron chi connectivity index (χ1n) is 6.09. The molecule has 4 N–H and O–H groups in total. The Morgan fingerprint density at radius 1 is 1.47 bits per heavy atom. The lowest BCUT2D eigenvalue weighted by atomic mass is 10.2. The van der Waals surface area contributed by atoms with Crippen LogP contribution in [-0.2, 0) is 0 Å². The molecule has 1 aromatic rings. The van der Waals surface area contributed by atoms with Gasteiger partial charge in [-0.05, 0) is 39.5 Å². The summed E-state index contributed by atoms with van der Waals surface area (Å²) in [6.07, 6.45) is 3.42. The molecule has 0 saturated heterocycles. The quantitative estimate of drug-likeness (QED) is 0.397. The standard InChI is InChI=1S/C12H20ClN5O/c1-18(2)6-4-3-5-15-12(19)9-7-10(13)11(17-14)16-8-9/h7-8H,3-6,14H2,1-2H3,(H,15,19)(H,16,17). The van der Waals surface area contributed by atoms with Gasteiger partial charge in [0.1, 0.15) is 0 Å². The number of nitrogen functional groups attached to an aromatic ring is 1. The number of aromatic nitrogens is 1. The van der Waals surface area contributed by atoms with Crippen LogP contribution in [0.15, 0.2) is 12.3 Å². The van der Waals surface area contributed by atoms with Crippen molar-refractivity contribution in [3.63, 3.8) is 0 Å². The summed E-state index contributed by atoms with van der Waals surface area (Å²) in [5.41, 5.74) is 2.78. The highest BCUT2D eigenvalue weighted by Gasteiger charge is 2.08. The van der Waals surface area contributed by atoms with Crippen LogP contribution in [-0.4, -0.2) is 43.0 Å². The maximum atomic E-state index is 11.8. The number of hydrogen-bond donors (Lipinski definition) is 3. The van der Waals surface area contributed by atoms with E-state index < -0.39 is 0 Å². The SMILES string of the molecule is CN(C)CCCCNC(=O)c1cnc(NN)c(Cl)c1. The lowest BCUT2D eigenvalue weighted by molar-refractivity contribution is 0.0952. The molecular weight excluding hydrogens is 266 g/mol. The van der Waals surface area contributed by atoms with Crippen LogP contribution < -0.4 is 16.6 Å². The maximum Gasteiger partial charge on any atom is 0.252 e. The molecule has 6 nitrogen and oxygen atoms in total. The molecule has 0 aromatic carbocycles. The van der Waals surface area contributed by atoms with Crippen molar-refractivity contribution < 1.29 is 4.79 Å². The van der Waals surface area contributed by atoms with Gasteiger partial charge in [0.05, 0.1) is 10.6 Å². The van der Waals surface area contributed by atoms with Crippen molar-refractivity contribution in [2.24, 2.45) is 5.84 Å². The number of hydrogen-bond acceptors (Lipinski definition) is 5. The van der Waals surface area contributed by atoms with Crippen LogP contribution in [0, 0.1) is 0 Å². The molecule has 0 saturated carbocycles. The van der Waals surface area contributed by atoms with Crippen molar-refractivity contribution in [3.05, 3.63) is 22.8 Å². The predicted molar refractivity (Wildman–Crippen MR) is 77.2 cm³/mol. The van der Waals surface area contributed by atoms with Crippen LogP contribution in [0.4, 0.5) is 5.82 Å². The molecule has 0 atom stereocenters. The third kappa shape index (κ3) is 5.42. The molecule has 0 radical (unpaired) electrons. The minimum Gasteiger partial charge on any atom is -0.352 e. The summed E-state index contributed by atoms with van der Waals surface area (Å²) in [7, 11) is 4.05. The van der Waals surface area contributed by atoms with Crippen LogP contribution >= 0.6 is 11.6 Å². The number of hydrazine groups is 1. The van der Waals surface area contributed by atoms with Crippen LogP contribution in [0.1, 0.15) is 23.2 Å². The van der Waals surface area contributed by atoms with Gasteiger partial charge in [-0.3, -0.25) is 4.79 Å². The van der Waals surface area contributed by atoms with Crippen molar-refractivity contribution in [2.75, 3.05) is 32.6 Å². The topological polar surface area (TPSA) is 83.3 Å². The van der Waals surface area contributed by atoms with E-state index in [9.17, 15) is 4.79 Å². The minimum absolute atomic E-state index is 0.178. The van der Waals surface area contributed by atoms with E-state index in [1.807, 2.05) is 14.1 Å². The number of nitrogens with one attached hydrogen (secondary N) is 2. The first-order valence-corrected chi connectivity index (χ1v) is 6.47.